The Kier molecular flexibility index (Phi) is 4.84. The number of benzene rings is 1. The Morgan fingerprint density at radius 2 is 1.86 bits per heavy atom. The molecule has 2 rings (SSSR count). The van der Waals surface area contributed by atoms with E-state index < -0.39 is 0 Å². The summed E-state index contributed by atoms with van der Waals surface area (Å²) >= 11 is 0. The summed E-state index contributed by atoms with van der Waals surface area (Å²) in [6.07, 6.45) is 0.833. The van der Waals surface area contributed by atoms with E-state index in [1.165, 1.54) is 11.1 Å². The predicted octanol–water partition coefficient (Wildman–Crippen LogP) is 3.99. The molecule has 0 unspecified atom stereocenters. The van der Waals surface area contributed by atoms with Crippen LogP contribution in [0.2, 0.25) is 0 Å². The van der Waals surface area contributed by atoms with E-state index in [4.69, 9.17) is 4.42 Å². The van der Waals surface area contributed by atoms with Crippen molar-refractivity contribution in [3.8, 4) is 0 Å². The van der Waals surface area contributed by atoms with Gasteiger partial charge >= 0.3 is 0 Å². The smallest absolute Gasteiger partial charge is 0.254 e. The summed E-state index contributed by atoms with van der Waals surface area (Å²) in [6.45, 7) is 8.66. The lowest BCUT2D eigenvalue weighted by atomic mass is 10.0. The summed E-state index contributed by atoms with van der Waals surface area (Å²) in [7, 11) is 0. The van der Waals surface area contributed by atoms with Crippen LogP contribution in [-0.4, -0.2) is 12.5 Å². The molecule has 1 amide bonds. The van der Waals surface area contributed by atoms with E-state index in [1.807, 2.05) is 13.8 Å². The van der Waals surface area contributed by atoms with Crippen molar-refractivity contribution < 1.29 is 9.21 Å². The average Bonchev–Trinajstić information content (AvgIpc) is 2.78. The minimum Gasteiger partial charge on any atom is -0.466 e. The van der Waals surface area contributed by atoms with Gasteiger partial charge in [0.25, 0.3) is 5.91 Å². The first-order valence-corrected chi connectivity index (χ1v) is 7.41. The van der Waals surface area contributed by atoms with Gasteiger partial charge in [-0.3, -0.25) is 4.79 Å². The summed E-state index contributed by atoms with van der Waals surface area (Å²) < 4.78 is 5.37. The molecule has 21 heavy (non-hydrogen) atoms. The Balaban J connectivity index is 1.86. The molecule has 2 aromatic rings. The van der Waals surface area contributed by atoms with Crippen LogP contribution in [0.5, 0.6) is 0 Å². The molecule has 0 aliphatic carbocycles. The zero-order valence-corrected chi connectivity index (χ0v) is 13.2. The van der Waals surface area contributed by atoms with Crippen LogP contribution in [0.3, 0.4) is 0 Å². The molecule has 0 bridgehead atoms. The Hall–Kier alpha value is -2.03. The molecule has 0 aliphatic heterocycles. The lowest BCUT2D eigenvalue weighted by Gasteiger charge is -2.08. The van der Waals surface area contributed by atoms with E-state index in [1.54, 1.807) is 6.07 Å². The van der Waals surface area contributed by atoms with Crippen molar-refractivity contribution in [2.75, 3.05) is 6.54 Å². The van der Waals surface area contributed by atoms with Gasteiger partial charge in [-0.1, -0.05) is 38.1 Å². The first-order valence-electron chi connectivity index (χ1n) is 7.41. The molecule has 0 fully saturated rings. The number of carbonyl (C=O) groups is 1. The molecule has 0 saturated carbocycles. The van der Waals surface area contributed by atoms with Gasteiger partial charge in [0, 0.05) is 6.54 Å². The number of furan rings is 1. The van der Waals surface area contributed by atoms with Gasteiger partial charge in [0.05, 0.1) is 5.56 Å². The van der Waals surface area contributed by atoms with Crippen LogP contribution in [-0.2, 0) is 6.42 Å². The van der Waals surface area contributed by atoms with Crippen LogP contribution in [0.15, 0.2) is 34.7 Å². The third kappa shape index (κ3) is 3.97. The van der Waals surface area contributed by atoms with Gasteiger partial charge in [0.15, 0.2) is 0 Å². The molecule has 0 aliphatic rings. The van der Waals surface area contributed by atoms with Crippen molar-refractivity contribution >= 4 is 5.91 Å². The number of hydrogen-bond acceptors (Lipinski definition) is 2. The highest BCUT2D eigenvalue weighted by molar-refractivity contribution is 5.95. The number of nitrogens with one attached hydrogen (secondary N) is 1. The number of rotatable bonds is 5. The van der Waals surface area contributed by atoms with Crippen LogP contribution in [0, 0.1) is 13.8 Å². The fraction of sp³-hybridized carbons (Fsp3) is 0.389. The van der Waals surface area contributed by atoms with Crippen molar-refractivity contribution in [2.24, 2.45) is 0 Å². The number of hydrogen-bond donors (Lipinski definition) is 1. The molecule has 112 valence electrons. The summed E-state index contributed by atoms with van der Waals surface area (Å²) in [5.74, 6) is 1.92. The molecule has 0 atom stereocenters. The van der Waals surface area contributed by atoms with E-state index in [0.717, 1.165) is 12.2 Å². The molecular weight excluding hydrogens is 262 g/mol. The standard InChI is InChI=1S/C18H23NO2/c1-12(2)16-7-5-15(6-8-16)9-10-19-18(20)17-11-13(3)21-14(17)4/h5-8,11-12H,9-10H2,1-4H3,(H,19,20). The second-order valence-electron chi connectivity index (χ2n) is 5.73. The number of amides is 1. The van der Waals surface area contributed by atoms with Crippen molar-refractivity contribution in [3.05, 3.63) is 58.5 Å². The van der Waals surface area contributed by atoms with Gasteiger partial charge in [-0.25, -0.2) is 0 Å². The van der Waals surface area contributed by atoms with Gasteiger partial charge < -0.3 is 9.73 Å². The fourth-order valence-corrected chi connectivity index (χ4v) is 2.34. The minimum absolute atomic E-state index is 0.0665. The van der Waals surface area contributed by atoms with Gasteiger partial charge in [-0.15, -0.1) is 0 Å². The summed E-state index contributed by atoms with van der Waals surface area (Å²) in [5.41, 5.74) is 3.20. The molecule has 0 radical (unpaired) electrons. The second kappa shape index (κ2) is 6.61. The Morgan fingerprint density at radius 1 is 1.19 bits per heavy atom. The Morgan fingerprint density at radius 3 is 2.38 bits per heavy atom. The van der Waals surface area contributed by atoms with Crippen LogP contribution >= 0.6 is 0 Å². The van der Waals surface area contributed by atoms with Crippen LogP contribution < -0.4 is 5.32 Å². The minimum atomic E-state index is -0.0665. The summed E-state index contributed by atoms with van der Waals surface area (Å²) in [6, 6.07) is 10.4. The van der Waals surface area contributed by atoms with E-state index in [-0.39, 0.29) is 5.91 Å². The van der Waals surface area contributed by atoms with E-state index in [9.17, 15) is 4.79 Å². The molecule has 1 heterocycles. The largest absolute Gasteiger partial charge is 0.466 e. The van der Waals surface area contributed by atoms with Crippen molar-refractivity contribution in [1.29, 1.82) is 0 Å². The molecule has 0 spiro atoms. The van der Waals surface area contributed by atoms with Crippen LogP contribution in [0.25, 0.3) is 0 Å². The normalized spacial score (nSPS) is 10.9. The van der Waals surface area contributed by atoms with E-state index in [0.29, 0.717) is 23.8 Å². The Bertz CT molecular complexity index is 609. The van der Waals surface area contributed by atoms with Crippen molar-refractivity contribution in [1.82, 2.24) is 5.32 Å². The zero-order chi connectivity index (χ0) is 15.4. The quantitative estimate of drug-likeness (QED) is 0.902. The molecule has 1 aromatic carbocycles. The maximum atomic E-state index is 12.0. The first kappa shape index (κ1) is 15.4. The van der Waals surface area contributed by atoms with E-state index in [2.05, 4.69) is 43.4 Å². The number of carbonyl (C=O) groups excluding carboxylic acids is 1. The topological polar surface area (TPSA) is 42.2 Å². The maximum Gasteiger partial charge on any atom is 0.254 e. The zero-order valence-electron chi connectivity index (χ0n) is 13.2. The third-order valence-electron chi connectivity index (χ3n) is 3.63. The summed E-state index contributed by atoms with van der Waals surface area (Å²) in [4.78, 5) is 12.0. The Labute approximate surface area is 126 Å². The van der Waals surface area contributed by atoms with Gasteiger partial charge in [-0.05, 0) is 43.4 Å². The lowest BCUT2D eigenvalue weighted by Crippen LogP contribution is -2.25. The lowest BCUT2D eigenvalue weighted by molar-refractivity contribution is 0.0952. The molecular formula is C18H23NO2. The summed E-state index contributed by atoms with van der Waals surface area (Å²) in [5, 5.41) is 2.94. The van der Waals surface area contributed by atoms with E-state index >= 15 is 0 Å². The highest BCUT2D eigenvalue weighted by Gasteiger charge is 2.12. The van der Waals surface area contributed by atoms with Gasteiger partial charge in [0.2, 0.25) is 0 Å². The SMILES string of the molecule is Cc1cc(C(=O)NCCc2ccc(C(C)C)cc2)c(C)o1. The molecule has 1 N–H and O–H groups in total. The maximum absolute atomic E-state index is 12.0. The predicted molar refractivity (Wildman–Crippen MR) is 84.8 cm³/mol. The van der Waals surface area contributed by atoms with Crippen LogP contribution in [0.4, 0.5) is 0 Å². The molecule has 3 nitrogen and oxygen atoms in total. The van der Waals surface area contributed by atoms with Crippen LogP contribution in [0.1, 0.15) is 52.8 Å². The first-order chi connectivity index (χ1) is 9.97. The van der Waals surface area contributed by atoms with Crippen molar-refractivity contribution in [3.63, 3.8) is 0 Å². The molecule has 3 heteroatoms. The fourth-order valence-electron chi connectivity index (χ4n) is 2.34. The third-order valence-corrected chi connectivity index (χ3v) is 3.63. The highest BCUT2D eigenvalue weighted by Crippen LogP contribution is 2.15. The average molecular weight is 285 g/mol. The van der Waals surface area contributed by atoms with Crippen molar-refractivity contribution in [2.45, 2.75) is 40.0 Å². The highest BCUT2D eigenvalue weighted by atomic mass is 16.3. The molecule has 1 aromatic heterocycles. The number of aryl methyl sites for hydroxylation is 2. The monoisotopic (exact) mass is 285 g/mol. The second-order valence-corrected chi connectivity index (χ2v) is 5.73. The van der Waals surface area contributed by atoms with Gasteiger partial charge in [0.1, 0.15) is 11.5 Å². The molecule has 0 saturated heterocycles. The van der Waals surface area contributed by atoms with Gasteiger partial charge in [-0.2, -0.15) is 0 Å².